The molecule has 104 heavy (non-hydrogen) atoms. The summed E-state index contributed by atoms with van der Waals surface area (Å²) in [5.74, 6) is -15.1. The van der Waals surface area contributed by atoms with Crippen LogP contribution in [0, 0.1) is 47.3 Å². The Morgan fingerprint density at radius 1 is 0.606 bits per heavy atom. The Morgan fingerprint density at radius 2 is 1.15 bits per heavy atom. The molecule has 2 aliphatic rings. The quantitative estimate of drug-likeness (QED) is 0.0350. The number of aliphatic hydroxyl groups excluding tert-OH is 1. The zero-order valence-electron chi connectivity index (χ0n) is 64.4. The average Bonchev–Trinajstić information content (AvgIpc) is 0.953. The topological polar surface area (TPSA) is 442 Å². The van der Waals surface area contributed by atoms with Gasteiger partial charge in [-0.15, -0.1) is 0 Å². The second-order valence-corrected chi connectivity index (χ2v) is 29.7. The van der Waals surface area contributed by atoms with Crippen LogP contribution in [0.25, 0.3) is 0 Å². The predicted octanol–water partition coefficient (Wildman–Crippen LogP) is 1.45. The van der Waals surface area contributed by atoms with Crippen molar-refractivity contribution in [3.8, 4) is 0 Å². The molecule has 2 saturated heterocycles. The predicted molar refractivity (Wildman–Crippen MR) is 391 cm³/mol. The van der Waals surface area contributed by atoms with Gasteiger partial charge in [-0.25, -0.2) is 4.79 Å². The van der Waals surface area contributed by atoms with Crippen molar-refractivity contribution < 1.29 is 77.0 Å². The number of carbonyl (C=O) groups is 14. The molecule has 0 unspecified atom stereocenters. The van der Waals surface area contributed by atoms with Gasteiger partial charge in [-0.2, -0.15) is 0 Å². The number of hydrogen-bond donors (Lipinski definition) is 14. The van der Waals surface area contributed by atoms with Gasteiger partial charge < -0.3 is 84.3 Å². The van der Waals surface area contributed by atoms with Crippen LogP contribution in [-0.4, -0.2) is 191 Å². The highest BCUT2D eigenvalue weighted by Gasteiger charge is 2.44. The number of allylic oxidation sites excluding steroid dienone is 1. The van der Waals surface area contributed by atoms with Gasteiger partial charge in [0.1, 0.15) is 84.8 Å². The van der Waals surface area contributed by atoms with Gasteiger partial charge in [-0.3, -0.25) is 62.3 Å². The summed E-state index contributed by atoms with van der Waals surface area (Å²) in [4.78, 5) is 201. The Kier molecular flexibility index (Phi) is 37.7. The van der Waals surface area contributed by atoms with E-state index in [0.29, 0.717) is 30.7 Å². The number of cyclic esters (lactones) is 1. The van der Waals surface area contributed by atoms with Crippen molar-refractivity contribution >= 4 is 82.8 Å². The Hall–Kier alpha value is -8.54. The van der Waals surface area contributed by atoms with E-state index in [9.17, 15) is 72.2 Å². The summed E-state index contributed by atoms with van der Waals surface area (Å²) in [6.07, 6.45) is 2.62. The van der Waals surface area contributed by atoms with Crippen molar-refractivity contribution in [1.29, 1.82) is 0 Å². The van der Waals surface area contributed by atoms with Crippen molar-refractivity contribution in [2.45, 2.75) is 267 Å². The van der Waals surface area contributed by atoms with Crippen LogP contribution >= 0.6 is 0 Å². The van der Waals surface area contributed by atoms with E-state index in [1.807, 2.05) is 13.8 Å². The van der Waals surface area contributed by atoms with Gasteiger partial charge in [0, 0.05) is 19.4 Å². The Bertz CT molecular complexity index is 3120. The second-order valence-electron chi connectivity index (χ2n) is 29.7. The fraction of sp³-hybridized carbons (Fsp3) is 0.703. The molecule has 15 N–H and O–H groups in total. The van der Waals surface area contributed by atoms with Crippen LogP contribution in [0.5, 0.6) is 0 Å². The van der Waals surface area contributed by atoms with Gasteiger partial charge in [0.25, 0.3) is 5.91 Å². The summed E-state index contributed by atoms with van der Waals surface area (Å²) in [6.45, 7) is 29.5. The molecule has 0 spiro atoms. The van der Waals surface area contributed by atoms with E-state index in [-0.39, 0.29) is 63.2 Å². The molecule has 30 heteroatoms. The first-order valence-electron chi connectivity index (χ1n) is 37.0. The molecule has 2 aliphatic heterocycles. The monoisotopic (exact) mass is 1460 g/mol. The molecule has 15 atom stereocenters. The maximum absolute atomic E-state index is 14.9. The van der Waals surface area contributed by atoms with Gasteiger partial charge in [-0.1, -0.05) is 166 Å². The van der Waals surface area contributed by atoms with Crippen LogP contribution in [0.3, 0.4) is 0 Å². The van der Waals surface area contributed by atoms with E-state index in [1.165, 1.54) is 24.8 Å². The van der Waals surface area contributed by atoms with E-state index >= 15 is 0 Å². The SMILES string of the molecule is C/C=C1\NC(=O)[C@H](Cc2ccccc2)NC(=O)[C@@H](C(C)C)NC(=O)[C@@H]([C@H](C)CC)NC(=O)[C@H](NC(=O)[C@H](NC(=O)[C@H](CCCN)NC(=O)[C@H]2CCCN2C(=O)[C@H](NC(=O)[C@@H](NC(=O)[C@@H](NC(=O)[C@H](NC(=O)CCCC(C)C)C(C)C)[C@@H](C)O)C(C)C)C(C)C)[C@H](C)CC)COC(=O)[C@H](C(C)C)NC1=O. The number of rotatable bonds is 33. The van der Waals surface area contributed by atoms with E-state index in [4.69, 9.17) is 10.5 Å². The molecule has 2 fully saturated rings. The highest BCUT2D eigenvalue weighted by Crippen LogP contribution is 2.23. The molecular weight excluding hydrogens is 1340 g/mol. The summed E-state index contributed by atoms with van der Waals surface area (Å²) in [5, 5.41) is 43.0. The summed E-state index contributed by atoms with van der Waals surface area (Å²) < 4.78 is 5.75. The summed E-state index contributed by atoms with van der Waals surface area (Å²) in [7, 11) is 0. The molecule has 1 aromatic rings. The molecule has 0 aromatic heterocycles. The van der Waals surface area contributed by atoms with Gasteiger partial charge in [0.15, 0.2) is 0 Å². The largest absolute Gasteiger partial charge is 0.461 e. The van der Waals surface area contributed by atoms with E-state index in [2.05, 4.69) is 63.8 Å². The zero-order valence-corrected chi connectivity index (χ0v) is 64.4. The smallest absolute Gasteiger partial charge is 0.329 e. The van der Waals surface area contributed by atoms with Crippen molar-refractivity contribution in [3.63, 3.8) is 0 Å². The van der Waals surface area contributed by atoms with Crippen molar-refractivity contribution in [3.05, 3.63) is 47.7 Å². The molecule has 30 nitrogen and oxygen atoms in total. The molecule has 0 bridgehead atoms. The minimum absolute atomic E-state index is 0.0334. The van der Waals surface area contributed by atoms with Crippen LogP contribution in [0.4, 0.5) is 0 Å². The zero-order chi connectivity index (χ0) is 78.6. The van der Waals surface area contributed by atoms with Crippen molar-refractivity contribution in [1.82, 2.24) is 68.7 Å². The lowest BCUT2D eigenvalue weighted by molar-refractivity contribution is -0.151. The van der Waals surface area contributed by atoms with Crippen LogP contribution in [0.15, 0.2) is 42.1 Å². The van der Waals surface area contributed by atoms with Gasteiger partial charge in [0.05, 0.1) is 6.10 Å². The normalized spacial score (nSPS) is 21.9. The average molecular weight is 1460 g/mol. The highest BCUT2D eigenvalue weighted by atomic mass is 16.5. The molecule has 0 aliphatic carbocycles. The molecular formula is C74H122N14O16. The Labute approximate surface area is 613 Å². The number of amides is 13. The third kappa shape index (κ3) is 27.5. The number of benzene rings is 1. The Balaban J connectivity index is 1.97. The molecule has 0 radical (unpaired) electrons. The van der Waals surface area contributed by atoms with Crippen molar-refractivity contribution in [2.24, 2.45) is 53.1 Å². The van der Waals surface area contributed by atoms with Crippen LogP contribution in [0.1, 0.15) is 188 Å². The number of esters is 1. The first-order chi connectivity index (χ1) is 48.8. The number of hydrogen-bond acceptors (Lipinski definition) is 17. The number of nitrogens with zero attached hydrogens (tertiary/aromatic N) is 1. The van der Waals surface area contributed by atoms with Gasteiger partial charge >= 0.3 is 5.97 Å². The third-order valence-corrected chi connectivity index (χ3v) is 18.9. The summed E-state index contributed by atoms with van der Waals surface area (Å²) >= 11 is 0. The minimum atomic E-state index is -1.79. The Morgan fingerprint density at radius 3 is 1.69 bits per heavy atom. The fourth-order valence-corrected chi connectivity index (χ4v) is 11.9. The second kappa shape index (κ2) is 43.7. The van der Waals surface area contributed by atoms with Gasteiger partial charge in [0.2, 0.25) is 70.9 Å². The first-order valence-corrected chi connectivity index (χ1v) is 37.0. The van der Waals surface area contributed by atoms with Crippen LogP contribution in [-0.2, 0) is 78.3 Å². The molecule has 584 valence electrons. The number of ether oxygens (including phenoxy) is 1. The minimum Gasteiger partial charge on any atom is -0.461 e. The third-order valence-electron chi connectivity index (χ3n) is 18.9. The first kappa shape index (κ1) is 89.7. The van der Waals surface area contributed by atoms with Crippen molar-refractivity contribution in [2.75, 3.05) is 19.7 Å². The standard InChI is InChI=1S/C74H122N14O16/c1-19-44(16)59(70(99)79-51-37-104-74(103)58(43(14)15)84-62(91)48(21-3)76-64(93)50(36-47-29-23-22-24-30-47)78-67(96)55(40(8)9)81-71(100)60(45(17)20-2)86-65(51)94)85-63(92)49(31-26-34-75)77-66(95)52-32-27-35-88(52)73(102)57(42(12)13)83-69(98)56(41(10)11)82-72(101)61(46(18)89)87-68(97)54(39(6)7)80-53(90)33-25-28-38(4)5/h21-24,29-30,38-46,49-52,54-61,89H,19-20,25-28,31-37,75H2,1-18H3,(H,76,93)(H,77,95)(H,78,96)(H,79,99)(H,80,90)(H,81,100)(H,82,101)(H,83,98)(H,84,91)(H,85,92)(H,86,94)(H,87,97)/b48-21-/t44-,45-,46-,49+,50+,51-,52-,54-,55-,56+,57-,58+,59-,60-,61+/m1/s1. The van der Waals surface area contributed by atoms with Crippen LogP contribution < -0.4 is 69.5 Å². The van der Waals surface area contributed by atoms with Crippen LogP contribution in [0.2, 0.25) is 0 Å². The number of aliphatic hydroxyl groups is 1. The fourth-order valence-electron chi connectivity index (χ4n) is 11.9. The molecule has 2 heterocycles. The maximum Gasteiger partial charge on any atom is 0.329 e. The molecule has 3 rings (SSSR count). The highest BCUT2D eigenvalue weighted by molar-refractivity contribution is 6.03. The lowest BCUT2D eigenvalue weighted by Gasteiger charge is -2.33. The summed E-state index contributed by atoms with van der Waals surface area (Å²) in [5.41, 5.74) is 6.33. The van der Waals surface area contributed by atoms with E-state index in [0.717, 1.165) is 6.42 Å². The maximum atomic E-state index is 14.9. The van der Waals surface area contributed by atoms with E-state index in [1.54, 1.807) is 127 Å². The lowest BCUT2D eigenvalue weighted by Crippen LogP contribution is -2.63. The number of nitrogens with two attached hydrogens (primary N) is 1. The van der Waals surface area contributed by atoms with E-state index < -0.39 is 203 Å². The molecule has 1 aromatic carbocycles. The molecule has 13 amide bonds. The molecule has 0 saturated carbocycles. The number of likely N-dealkylation sites (tertiary alicyclic amines) is 1. The number of carbonyl (C=O) groups excluding carboxylic acids is 14. The lowest BCUT2D eigenvalue weighted by atomic mass is 9.95. The summed E-state index contributed by atoms with van der Waals surface area (Å²) in [6, 6.07) is -7.58. The van der Waals surface area contributed by atoms with Gasteiger partial charge in [-0.05, 0) is 105 Å². The number of nitrogens with one attached hydrogen (secondary N) is 12.